The van der Waals surface area contributed by atoms with Crippen molar-refractivity contribution in [3.8, 4) is 0 Å². The van der Waals surface area contributed by atoms with Crippen LogP contribution in [0, 0.1) is 5.41 Å². The van der Waals surface area contributed by atoms with Gasteiger partial charge < -0.3 is 31.9 Å². The molecular weight excluding hydrogens is 511 g/mol. The van der Waals surface area contributed by atoms with Gasteiger partial charge in [0.25, 0.3) is 5.56 Å². The van der Waals surface area contributed by atoms with Crippen LogP contribution in [0.25, 0.3) is 11.2 Å². The quantitative estimate of drug-likeness (QED) is 0.0951. The number of nitrogens with zero attached hydrogens (tertiary/aromatic N) is 4. The molecule has 0 radical (unpaired) electrons. The largest absolute Gasteiger partial charge is 0.472 e. The number of nitrogen functional groups attached to an aromatic ring is 1. The third kappa shape index (κ3) is 6.88. The first-order valence-electron chi connectivity index (χ1n) is 10.1. The number of aliphatic hydroxyl groups is 1. The number of phosphoric ester groups is 1. The molecule has 0 saturated carbocycles. The van der Waals surface area contributed by atoms with Crippen molar-refractivity contribution in [1.82, 2.24) is 24.8 Å². The molecule has 1 unspecified atom stereocenters. The number of nitrogens with two attached hydrogens (primary N) is 3. The highest BCUT2D eigenvalue weighted by atomic mass is 35.5. The second kappa shape index (κ2) is 11.8. The van der Waals surface area contributed by atoms with Crippen molar-refractivity contribution >= 4 is 49.3 Å². The molecule has 196 valence electrons. The zero-order chi connectivity index (χ0) is 25.0. The summed E-state index contributed by atoms with van der Waals surface area (Å²) in [6, 6.07) is 0. The van der Waals surface area contributed by atoms with Crippen LogP contribution in [-0.2, 0) is 18.3 Å². The summed E-state index contributed by atoms with van der Waals surface area (Å²) in [4.78, 5) is 35.2. The minimum atomic E-state index is -4.22. The Bertz CT molecular complexity index is 1170. The summed E-state index contributed by atoms with van der Waals surface area (Å²) in [5.41, 5.74) is 15.5. The van der Waals surface area contributed by atoms with Crippen LogP contribution in [0.15, 0.2) is 16.1 Å². The third-order valence-corrected chi connectivity index (χ3v) is 5.73. The number of guanidine groups is 2. The van der Waals surface area contributed by atoms with Crippen molar-refractivity contribution in [2.75, 3.05) is 18.9 Å². The molecule has 0 spiro atoms. The van der Waals surface area contributed by atoms with E-state index >= 15 is 0 Å². The summed E-state index contributed by atoms with van der Waals surface area (Å²) in [7, 11) is -4.22. The number of rotatable bonds is 4. The molecule has 17 nitrogen and oxygen atoms in total. The number of H-pyrrole nitrogens is 1. The van der Waals surface area contributed by atoms with Gasteiger partial charge in [0.2, 0.25) is 5.95 Å². The van der Waals surface area contributed by atoms with Gasteiger partial charge in [-0.05, 0) is 6.42 Å². The summed E-state index contributed by atoms with van der Waals surface area (Å²) in [5.74, 6) is -0.0812. The molecule has 0 aliphatic carbocycles. The van der Waals surface area contributed by atoms with Crippen LogP contribution in [0.4, 0.5) is 5.95 Å². The number of hydrogen-bond acceptors (Lipinski definition) is 11. The number of phosphoric acid groups is 1. The summed E-state index contributed by atoms with van der Waals surface area (Å²) < 4.78 is 27.9. The number of halogens is 1. The van der Waals surface area contributed by atoms with Crippen molar-refractivity contribution in [1.29, 1.82) is 5.41 Å². The molecule has 0 bridgehead atoms. The lowest BCUT2D eigenvalue weighted by Crippen LogP contribution is -2.40. The first-order chi connectivity index (χ1) is 16.0. The van der Waals surface area contributed by atoms with Gasteiger partial charge in [0.15, 0.2) is 29.3 Å². The van der Waals surface area contributed by atoms with Gasteiger partial charge >= 0.3 is 7.82 Å². The Morgan fingerprint density at radius 1 is 1.49 bits per heavy atom. The van der Waals surface area contributed by atoms with Crippen LogP contribution in [0.3, 0.4) is 0 Å². The van der Waals surface area contributed by atoms with E-state index in [0.29, 0.717) is 6.54 Å². The molecule has 2 aromatic heterocycles. The molecule has 4 rings (SSSR count). The Labute approximate surface area is 204 Å². The Kier molecular flexibility index (Phi) is 9.56. The van der Waals surface area contributed by atoms with E-state index in [9.17, 15) is 19.4 Å². The molecule has 35 heavy (non-hydrogen) atoms. The van der Waals surface area contributed by atoms with Crippen LogP contribution in [-0.4, -0.2) is 72.9 Å². The fourth-order valence-electron chi connectivity index (χ4n) is 3.23. The number of aromatic amines is 1. The number of aliphatic hydroxyl groups excluding tert-OH is 1. The van der Waals surface area contributed by atoms with Crippen molar-refractivity contribution < 1.29 is 28.3 Å². The molecule has 0 aromatic carbocycles. The summed E-state index contributed by atoms with van der Waals surface area (Å²) in [6.07, 6.45) is -0.773. The van der Waals surface area contributed by atoms with E-state index in [-0.39, 0.29) is 48.0 Å². The van der Waals surface area contributed by atoms with Gasteiger partial charge in [-0.2, -0.15) is 4.98 Å². The average molecular weight is 539 g/mol. The van der Waals surface area contributed by atoms with E-state index in [1.807, 2.05) is 0 Å². The molecule has 2 aromatic rings. The lowest BCUT2D eigenvalue weighted by Gasteiger charge is -2.27. The van der Waals surface area contributed by atoms with Gasteiger partial charge in [-0.1, -0.05) is 13.3 Å². The molecule has 4 heterocycles. The van der Waals surface area contributed by atoms with Crippen LogP contribution in [0.1, 0.15) is 26.0 Å². The average Bonchev–Trinajstić information content (AvgIpc) is 3.29. The SMILES string of the molecule is CCCCN=C(N)NC(=N)N.Cl.Nc1nc2c(ncn2[C@@H]2O[C@@H]3COP(=O)(O)O[C@H]3[C@H]2O)c(=O)[nH]1. The minimum absolute atomic E-state index is 0. The van der Waals surface area contributed by atoms with E-state index < -0.39 is 37.9 Å². The fraction of sp³-hybridized carbons (Fsp3) is 0.562. The predicted molar refractivity (Wildman–Crippen MR) is 127 cm³/mol. The molecule has 19 heteroatoms. The molecule has 5 atom stereocenters. The number of anilines is 1. The lowest BCUT2D eigenvalue weighted by molar-refractivity contribution is -0.0664. The van der Waals surface area contributed by atoms with E-state index in [0.717, 1.165) is 12.8 Å². The molecular formula is C16H28ClN10O7P. The fourth-order valence-corrected chi connectivity index (χ4v) is 4.19. The second-order valence-electron chi connectivity index (χ2n) is 7.32. The molecule has 11 N–H and O–H groups in total. The zero-order valence-corrected chi connectivity index (χ0v) is 20.2. The summed E-state index contributed by atoms with van der Waals surface area (Å²) >= 11 is 0. The normalized spacial score (nSPS) is 27.9. The molecule has 0 amide bonds. The van der Waals surface area contributed by atoms with Gasteiger partial charge in [0.1, 0.15) is 18.3 Å². The number of nitrogens with one attached hydrogen (secondary N) is 3. The Balaban J connectivity index is 0.000000310. The van der Waals surface area contributed by atoms with Crippen molar-refractivity contribution in [2.45, 2.75) is 44.3 Å². The molecule has 2 fully saturated rings. The highest BCUT2D eigenvalue weighted by molar-refractivity contribution is 7.47. The smallest absolute Gasteiger partial charge is 0.386 e. The van der Waals surface area contributed by atoms with E-state index in [1.54, 1.807) is 0 Å². The second-order valence-corrected chi connectivity index (χ2v) is 8.73. The maximum Gasteiger partial charge on any atom is 0.472 e. The Morgan fingerprint density at radius 2 is 2.20 bits per heavy atom. The lowest BCUT2D eigenvalue weighted by atomic mass is 10.1. The highest BCUT2D eigenvalue weighted by Gasteiger charge is 2.52. The van der Waals surface area contributed by atoms with Gasteiger partial charge in [-0.15, -0.1) is 12.4 Å². The minimum Gasteiger partial charge on any atom is -0.386 e. The number of fused-ring (bicyclic) bond motifs is 2. The topological polar surface area (TPSA) is 275 Å². The van der Waals surface area contributed by atoms with Gasteiger partial charge in [-0.3, -0.25) is 39.1 Å². The van der Waals surface area contributed by atoms with Crippen LogP contribution < -0.4 is 28.1 Å². The summed E-state index contributed by atoms with van der Waals surface area (Å²) in [5, 5.41) is 19.6. The van der Waals surface area contributed by atoms with E-state index in [4.69, 9.17) is 31.9 Å². The monoisotopic (exact) mass is 538 g/mol. The molecule has 2 aliphatic rings. The van der Waals surface area contributed by atoms with E-state index in [2.05, 4.69) is 36.7 Å². The Hall–Kier alpha value is -2.79. The first-order valence-corrected chi connectivity index (χ1v) is 11.6. The molecule has 2 aliphatic heterocycles. The van der Waals surface area contributed by atoms with Crippen LogP contribution in [0.2, 0.25) is 0 Å². The standard InChI is InChI=1S/C10H12N5O7P.C6H15N5.ClH/c11-10-13-7-4(8(17)14-10)12-2-15(7)9-5(16)6-3(21-9)1-20-23(18,19)22-6;1-2-3-4-10-6(9)11-5(7)8;/h2-3,5-6,9,16H,1H2,(H,18,19)(H3,11,13,14,17);2-4H2,1H3,(H6,7,8,9,10,11);1H/t3-,5-,6-,9-;;/m1../s1. The Morgan fingerprint density at radius 3 is 2.86 bits per heavy atom. The number of aliphatic imine (C=N–C) groups is 1. The number of ether oxygens (including phenoxy) is 1. The highest BCUT2D eigenvalue weighted by Crippen LogP contribution is 2.52. The van der Waals surface area contributed by atoms with E-state index in [1.165, 1.54) is 10.9 Å². The maximum atomic E-state index is 11.8. The van der Waals surface area contributed by atoms with Crippen molar-refractivity contribution in [2.24, 2.45) is 16.5 Å². The van der Waals surface area contributed by atoms with Crippen LogP contribution >= 0.6 is 20.2 Å². The zero-order valence-electron chi connectivity index (χ0n) is 18.5. The van der Waals surface area contributed by atoms with Gasteiger partial charge in [0.05, 0.1) is 12.9 Å². The van der Waals surface area contributed by atoms with Gasteiger partial charge in [0, 0.05) is 6.54 Å². The van der Waals surface area contributed by atoms with Crippen molar-refractivity contribution in [3.05, 3.63) is 16.7 Å². The number of hydrogen-bond donors (Lipinski definition) is 8. The number of imidazole rings is 1. The number of aromatic nitrogens is 4. The molecule has 2 saturated heterocycles. The summed E-state index contributed by atoms with van der Waals surface area (Å²) in [6.45, 7) is 2.54. The maximum absolute atomic E-state index is 11.8. The first kappa shape index (κ1) is 28.4. The van der Waals surface area contributed by atoms with Crippen LogP contribution in [0.5, 0.6) is 0 Å². The van der Waals surface area contributed by atoms with Gasteiger partial charge in [-0.25, -0.2) is 9.55 Å². The van der Waals surface area contributed by atoms with Crippen molar-refractivity contribution in [3.63, 3.8) is 0 Å². The third-order valence-electron chi connectivity index (χ3n) is 4.75. The predicted octanol–water partition coefficient (Wildman–Crippen LogP) is -1.52. The number of unbranched alkanes of at least 4 members (excludes halogenated alkanes) is 1.